The Morgan fingerprint density at radius 3 is 1.28 bits per heavy atom. The van der Waals surface area contributed by atoms with Crippen LogP contribution in [0.3, 0.4) is 0 Å². The summed E-state index contributed by atoms with van der Waals surface area (Å²) in [7, 11) is 0. The van der Waals surface area contributed by atoms with Gasteiger partial charge in [0.05, 0.1) is 0 Å². The van der Waals surface area contributed by atoms with E-state index in [1.54, 1.807) is 24.8 Å². The van der Waals surface area contributed by atoms with E-state index < -0.39 is 0 Å². The Morgan fingerprint density at radius 2 is 0.938 bits per heavy atom. The number of carbonyl (C=O) groups is 1. The van der Waals surface area contributed by atoms with E-state index in [-0.39, 0.29) is 17.6 Å². The van der Waals surface area contributed by atoms with Gasteiger partial charge in [-0.05, 0) is 83.6 Å². The molecule has 0 saturated heterocycles. The fourth-order valence-corrected chi connectivity index (χ4v) is 4.16. The van der Waals surface area contributed by atoms with Gasteiger partial charge in [-0.2, -0.15) is 0 Å². The van der Waals surface area contributed by atoms with Crippen LogP contribution in [0.2, 0.25) is 10.0 Å². The SMILES string of the molecule is O=C(C(Cc1ccncc1)c1ccc(Cl)cc1)C(Cc1ccncc1)c1ccc(Cl)cc1. The van der Waals surface area contributed by atoms with Crippen molar-refractivity contribution in [2.75, 3.05) is 0 Å². The van der Waals surface area contributed by atoms with Gasteiger partial charge in [-0.25, -0.2) is 0 Å². The molecule has 2 unspecified atom stereocenters. The predicted octanol–water partition coefficient (Wildman–Crippen LogP) is 6.71. The molecule has 0 aliphatic carbocycles. The van der Waals surface area contributed by atoms with Crippen molar-refractivity contribution in [3.63, 3.8) is 0 Å². The number of ketones is 1. The fourth-order valence-electron chi connectivity index (χ4n) is 3.91. The summed E-state index contributed by atoms with van der Waals surface area (Å²) in [6.45, 7) is 0. The van der Waals surface area contributed by atoms with Crippen molar-refractivity contribution in [2.45, 2.75) is 24.7 Å². The summed E-state index contributed by atoms with van der Waals surface area (Å²) in [6.07, 6.45) is 8.20. The minimum atomic E-state index is -0.322. The van der Waals surface area contributed by atoms with E-state index in [1.807, 2.05) is 72.8 Å². The molecule has 0 saturated carbocycles. The molecule has 0 fully saturated rings. The third-order valence-corrected chi connectivity index (χ3v) is 6.11. The number of aromatic nitrogens is 2. The van der Waals surface area contributed by atoms with Gasteiger partial charge in [0.1, 0.15) is 5.78 Å². The second kappa shape index (κ2) is 10.5. The summed E-state index contributed by atoms with van der Waals surface area (Å²) in [6, 6.07) is 22.9. The van der Waals surface area contributed by atoms with Crippen molar-refractivity contribution in [1.82, 2.24) is 9.97 Å². The van der Waals surface area contributed by atoms with Gasteiger partial charge in [0.15, 0.2) is 0 Å². The zero-order valence-corrected chi connectivity index (χ0v) is 18.9. The Bertz CT molecular complexity index is 1050. The number of halogens is 2. The molecule has 4 aromatic rings. The number of nitrogens with zero attached hydrogens (tertiary/aromatic N) is 2. The van der Waals surface area contributed by atoms with Crippen LogP contribution in [0.15, 0.2) is 97.6 Å². The van der Waals surface area contributed by atoms with Crippen molar-refractivity contribution in [2.24, 2.45) is 0 Å². The van der Waals surface area contributed by atoms with Gasteiger partial charge >= 0.3 is 0 Å². The standard InChI is InChI=1S/C27H22Cl2N2O/c28-23-5-1-21(2-6-23)25(17-19-9-13-30-14-10-19)27(32)26(18-20-11-15-31-16-12-20)22-3-7-24(29)8-4-22/h1-16,25-26H,17-18H2. The molecular formula is C27H22Cl2N2O. The summed E-state index contributed by atoms with van der Waals surface area (Å²) in [4.78, 5) is 22.3. The van der Waals surface area contributed by atoms with Crippen molar-refractivity contribution in [1.29, 1.82) is 0 Å². The molecule has 0 radical (unpaired) electrons. The second-order valence-electron chi connectivity index (χ2n) is 7.73. The maximum atomic E-state index is 14.1. The molecule has 0 spiro atoms. The van der Waals surface area contributed by atoms with Crippen molar-refractivity contribution in [3.8, 4) is 0 Å². The smallest absolute Gasteiger partial charge is 0.148 e. The first-order valence-electron chi connectivity index (χ1n) is 10.4. The number of hydrogen-bond acceptors (Lipinski definition) is 3. The van der Waals surface area contributed by atoms with E-state index in [0.29, 0.717) is 22.9 Å². The Balaban J connectivity index is 1.73. The largest absolute Gasteiger partial charge is 0.298 e. The average molecular weight is 461 g/mol. The summed E-state index contributed by atoms with van der Waals surface area (Å²) in [5.74, 6) is -0.488. The molecule has 0 aliphatic heterocycles. The van der Waals surface area contributed by atoms with Crippen molar-refractivity contribution >= 4 is 29.0 Å². The van der Waals surface area contributed by atoms with Gasteiger partial charge in [-0.3, -0.25) is 14.8 Å². The molecule has 5 heteroatoms. The lowest BCUT2D eigenvalue weighted by Crippen LogP contribution is -2.24. The summed E-state index contributed by atoms with van der Waals surface area (Å²) >= 11 is 12.3. The molecule has 0 N–H and O–H groups in total. The van der Waals surface area contributed by atoms with Crippen LogP contribution >= 0.6 is 23.2 Å². The number of carbonyl (C=O) groups excluding carboxylic acids is 1. The van der Waals surface area contributed by atoms with Crippen LogP contribution in [0.5, 0.6) is 0 Å². The van der Waals surface area contributed by atoms with E-state index in [4.69, 9.17) is 23.2 Å². The molecule has 0 amide bonds. The number of benzene rings is 2. The quantitative estimate of drug-likeness (QED) is 0.293. The van der Waals surface area contributed by atoms with E-state index in [1.165, 1.54) is 0 Å². The van der Waals surface area contributed by atoms with Crippen LogP contribution in [-0.4, -0.2) is 15.8 Å². The molecular weight excluding hydrogens is 439 g/mol. The molecule has 4 rings (SSSR count). The van der Waals surface area contributed by atoms with Crippen LogP contribution < -0.4 is 0 Å². The number of Topliss-reactive ketones (excluding diaryl/α,β-unsaturated/α-hetero) is 1. The third kappa shape index (κ3) is 5.61. The normalized spacial score (nSPS) is 12.8. The highest BCUT2D eigenvalue weighted by Crippen LogP contribution is 2.33. The summed E-state index contributed by atoms with van der Waals surface area (Å²) < 4.78 is 0. The second-order valence-corrected chi connectivity index (χ2v) is 8.60. The molecule has 2 aromatic carbocycles. The first-order valence-corrected chi connectivity index (χ1v) is 11.2. The Kier molecular flexibility index (Phi) is 7.31. The Hall–Kier alpha value is -3.01. The van der Waals surface area contributed by atoms with E-state index in [0.717, 1.165) is 22.3 Å². The van der Waals surface area contributed by atoms with Crippen LogP contribution in [-0.2, 0) is 17.6 Å². The van der Waals surface area contributed by atoms with Gasteiger partial charge in [0, 0.05) is 46.7 Å². The van der Waals surface area contributed by atoms with E-state index in [2.05, 4.69) is 9.97 Å². The zero-order valence-electron chi connectivity index (χ0n) is 17.4. The Morgan fingerprint density at radius 1 is 0.594 bits per heavy atom. The molecule has 32 heavy (non-hydrogen) atoms. The van der Waals surface area contributed by atoms with E-state index >= 15 is 0 Å². The Labute approximate surface area is 198 Å². The third-order valence-electron chi connectivity index (χ3n) is 5.61. The van der Waals surface area contributed by atoms with E-state index in [9.17, 15) is 4.79 Å². The summed E-state index contributed by atoms with van der Waals surface area (Å²) in [5.41, 5.74) is 4.02. The average Bonchev–Trinajstić information content (AvgIpc) is 2.83. The molecule has 2 atom stereocenters. The lowest BCUT2D eigenvalue weighted by Gasteiger charge is -2.24. The highest BCUT2D eigenvalue weighted by molar-refractivity contribution is 6.30. The molecule has 3 nitrogen and oxygen atoms in total. The number of rotatable bonds is 8. The van der Waals surface area contributed by atoms with Gasteiger partial charge < -0.3 is 0 Å². The lowest BCUT2D eigenvalue weighted by atomic mass is 9.78. The van der Waals surface area contributed by atoms with Crippen LogP contribution in [0.1, 0.15) is 34.1 Å². The zero-order chi connectivity index (χ0) is 22.3. The molecule has 2 aromatic heterocycles. The minimum Gasteiger partial charge on any atom is -0.298 e. The van der Waals surface area contributed by atoms with Gasteiger partial charge in [-0.15, -0.1) is 0 Å². The highest BCUT2D eigenvalue weighted by Gasteiger charge is 2.30. The molecule has 0 bridgehead atoms. The maximum Gasteiger partial charge on any atom is 0.148 e. The number of pyridine rings is 2. The van der Waals surface area contributed by atoms with Gasteiger partial charge in [-0.1, -0.05) is 47.5 Å². The topological polar surface area (TPSA) is 42.9 Å². The molecule has 2 heterocycles. The summed E-state index contributed by atoms with van der Waals surface area (Å²) in [5, 5.41) is 1.30. The monoisotopic (exact) mass is 460 g/mol. The molecule has 0 aliphatic rings. The highest BCUT2D eigenvalue weighted by atomic mass is 35.5. The van der Waals surface area contributed by atoms with Crippen molar-refractivity contribution in [3.05, 3.63) is 130 Å². The fraction of sp³-hybridized carbons (Fsp3) is 0.148. The van der Waals surface area contributed by atoms with Crippen LogP contribution in [0, 0.1) is 0 Å². The maximum absolute atomic E-state index is 14.1. The van der Waals surface area contributed by atoms with Crippen molar-refractivity contribution < 1.29 is 4.79 Å². The van der Waals surface area contributed by atoms with Gasteiger partial charge in [0.25, 0.3) is 0 Å². The minimum absolute atomic E-state index is 0.156. The van der Waals surface area contributed by atoms with Crippen LogP contribution in [0.25, 0.3) is 0 Å². The first kappa shape index (κ1) is 22.2. The van der Waals surface area contributed by atoms with Gasteiger partial charge in [0.2, 0.25) is 0 Å². The van der Waals surface area contributed by atoms with Crippen LogP contribution in [0.4, 0.5) is 0 Å². The lowest BCUT2D eigenvalue weighted by molar-refractivity contribution is -0.122. The first-order chi connectivity index (χ1) is 15.6. The molecule has 160 valence electrons. The number of hydrogen-bond donors (Lipinski definition) is 0. The predicted molar refractivity (Wildman–Crippen MR) is 129 cm³/mol.